The zero-order valence-corrected chi connectivity index (χ0v) is 20.7. The Labute approximate surface area is 195 Å². The first-order chi connectivity index (χ1) is 15.4. The second kappa shape index (κ2) is 8.84. The molecule has 1 aromatic carbocycles. The summed E-state index contributed by atoms with van der Waals surface area (Å²) in [6, 6.07) is 7.36. The molecule has 2 aromatic rings. The van der Waals surface area contributed by atoms with Crippen LogP contribution in [0.15, 0.2) is 35.2 Å². The minimum atomic E-state index is -3.72. The van der Waals surface area contributed by atoms with Crippen LogP contribution in [0.5, 0.6) is 0 Å². The highest BCUT2D eigenvalue weighted by molar-refractivity contribution is 7.91. The Kier molecular flexibility index (Phi) is 6.41. The molecular formula is C22H30N4O5S2. The Morgan fingerprint density at radius 1 is 1.15 bits per heavy atom. The zero-order valence-electron chi connectivity index (χ0n) is 19.1. The van der Waals surface area contributed by atoms with Crippen LogP contribution >= 0.6 is 0 Å². The maximum absolute atomic E-state index is 13.2. The van der Waals surface area contributed by atoms with E-state index in [0.29, 0.717) is 31.0 Å². The first-order valence-corrected chi connectivity index (χ1v) is 14.4. The van der Waals surface area contributed by atoms with E-state index in [9.17, 15) is 21.6 Å². The second-order valence-electron chi connectivity index (χ2n) is 9.42. The van der Waals surface area contributed by atoms with Gasteiger partial charge in [0, 0.05) is 24.7 Å². The van der Waals surface area contributed by atoms with Crippen molar-refractivity contribution < 1.29 is 21.6 Å². The Hall–Kier alpha value is -2.24. The average Bonchev–Trinajstić information content (AvgIpc) is 3.28. The lowest BCUT2D eigenvalue weighted by Crippen LogP contribution is -2.42. The summed E-state index contributed by atoms with van der Waals surface area (Å²) in [6.45, 7) is 6.78. The largest absolute Gasteiger partial charge is 0.307 e. The molecule has 9 nitrogen and oxygen atoms in total. The van der Waals surface area contributed by atoms with E-state index in [-0.39, 0.29) is 39.8 Å². The highest BCUT2D eigenvalue weighted by Gasteiger charge is 2.33. The molecule has 2 saturated heterocycles. The Morgan fingerprint density at radius 2 is 1.85 bits per heavy atom. The predicted molar refractivity (Wildman–Crippen MR) is 125 cm³/mol. The van der Waals surface area contributed by atoms with Crippen molar-refractivity contribution >= 4 is 31.6 Å². The minimum Gasteiger partial charge on any atom is -0.307 e. The average molecular weight is 495 g/mol. The molecule has 3 unspecified atom stereocenters. The summed E-state index contributed by atoms with van der Waals surface area (Å²) in [5.41, 5.74) is 0.859. The number of piperidine rings is 1. The van der Waals surface area contributed by atoms with Crippen LogP contribution in [-0.4, -0.2) is 61.4 Å². The molecule has 0 bridgehead atoms. The van der Waals surface area contributed by atoms with E-state index >= 15 is 0 Å². The number of sulfone groups is 1. The number of benzene rings is 1. The van der Waals surface area contributed by atoms with Gasteiger partial charge in [-0.2, -0.15) is 9.40 Å². The number of nitrogens with one attached hydrogen (secondary N) is 1. The molecule has 1 aromatic heterocycles. The number of hydrogen-bond acceptors (Lipinski definition) is 6. The number of nitrogens with zero attached hydrogens (tertiary/aromatic N) is 3. The number of carbonyl (C=O) groups excluding carboxylic acids is 1. The number of amides is 1. The monoisotopic (exact) mass is 494 g/mol. The first kappa shape index (κ1) is 23.9. The van der Waals surface area contributed by atoms with E-state index in [0.717, 1.165) is 6.42 Å². The lowest BCUT2D eigenvalue weighted by atomic mass is 9.94. The lowest BCUT2D eigenvalue weighted by Gasteiger charge is -2.34. The van der Waals surface area contributed by atoms with Gasteiger partial charge in [0.1, 0.15) is 5.82 Å². The van der Waals surface area contributed by atoms with Gasteiger partial charge in [0.15, 0.2) is 9.84 Å². The summed E-state index contributed by atoms with van der Waals surface area (Å²) in [6.07, 6.45) is 1.43. The molecular weight excluding hydrogens is 464 g/mol. The van der Waals surface area contributed by atoms with Crippen LogP contribution < -0.4 is 5.32 Å². The van der Waals surface area contributed by atoms with Crippen molar-refractivity contribution in [2.45, 2.75) is 44.6 Å². The van der Waals surface area contributed by atoms with Crippen molar-refractivity contribution in [3.8, 4) is 0 Å². The van der Waals surface area contributed by atoms with E-state index in [2.05, 4.69) is 10.4 Å². The summed E-state index contributed by atoms with van der Waals surface area (Å²) in [5.74, 6) is 0.548. The maximum atomic E-state index is 13.2. The van der Waals surface area contributed by atoms with Gasteiger partial charge >= 0.3 is 0 Å². The SMILES string of the molecule is Cc1cc(NC(=O)c2cccc(S(=O)(=O)N3CC(C)CC(C)C3)c2)n(C2CCS(=O)(=O)C2)n1. The van der Waals surface area contributed by atoms with E-state index in [1.807, 2.05) is 13.8 Å². The maximum Gasteiger partial charge on any atom is 0.256 e. The summed E-state index contributed by atoms with van der Waals surface area (Å²) < 4.78 is 53.3. The summed E-state index contributed by atoms with van der Waals surface area (Å²) >= 11 is 0. The summed E-state index contributed by atoms with van der Waals surface area (Å²) in [5, 5.41) is 7.15. The molecule has 1 amide bonds. The first-order valence-electron chi connectivity index (χ1n) is 11.1. The molecule has 0 radical (unpaired) electrons. The van der Waals surface area contributed by atoms with Gasteiger partial charge in [0.05, 0.1) is 28.1 Å². The smallest absolute Gasteiger partial charge is 0.256 e. The highest BCUT2D eigenvalue weighted by atomic mass is 32.2. The van der Waals surface area contributed by atoms with E-state index in [4.69, 9.17) is 0 Å². The van der Waals surface area contributed by atoms with Crippen LogP contribution in [0.3, 0.4) is 0 Å². The number of hydrogen-bond donors (Lipinski definition) is 1. The molecule has 0 saturated carbocycles. The molecule has 11 heteroatoms. The molecule has 3 heterocycles. The molecule has 2 fully saturated rings. The highest BCUT2D eigenvalue weighted by Crippen LogP contribution is 2.29. The Morgan fingerprint density at radius 3 is 2.48 bits per heavy atom. The predicted octanol–water partition coefficient (Wildman–Crippen LogP) is 2.47. The van der Waals surface area contributed by atoms with Crippen molar-refractivity contribution in [2.24, 2.45) is 11.8 Å². The van der Waals surface area contributed by atoms with Crippen molar-refractivity contribution in [3.05, 3.63) is 41.6 Å². The van der Waals surface area contributed by atoms with Crippen molar-refractivity contribution in [3.63, 3.8) is 0 Å². The van der Waals surface area contributed by atoms with Crippen LogP contribution in [0.4, 0.5) is 5.82 Å². The third-order valence-corrected chi connectivity index (χ3v) is 9.80. The van der Waals surface area contributed by atoms with Gasteiger partial charge in [-0.05, 0) is 49.8 Å². The molecule has 2 aliphatic heterocycles. The molecule has 33 heavy (non-hydrogen) atoms. The molecule has 0 aliphatic carbocycles. The molecule has 0 spiro atoms. The van der Waals surface area contributed by atoms with Gasteiger partial charge < -0.3 is 5.32 Å². The van der Waals surface area contributed by atoms with Gasteiger partial charge in [-0.15, -0.1) is 0 Å². The molecule has 180 valence electrons. The van der Waals surface area contributed by atoms with Gasteiger partial charge in [-0.25, -0.2) is 21.5 Å². The zero-order chi connectivity index (χ0) is 24.0. The summed E-state index contributed by atoms with van der Waals surface area (Å²) in [7, 11) is -6.84. The number of sulfonamides is 1. The number of aromatic nitrogens is 2. The van der Waals surface area contributed by atoms with Crippen LogP contribution in [-0.2, 0) is 19.9 Å². The summed E-state index contributed by atoms with van der Waals surface area (Å²) in [4.78, 5) is 13.1. The fraction of sp³-hybridized carbons (Fsp3) is 0.545. The fourth-order valence-electron chi connectivity index (χ4n) is 4.79. The third-order valence-electron chi connectivity index (χ3n) is 6.22. The van der Waals surface area contributed by atoms with E-state index in [1.54, 1.807) is 29.8 Å². The fourth-order valence-corrected chi connectivity index (χ4v) is 8.21. The number of rotatable bonds is 5. The van der Waals surface area contributed by atoms with Gasteiger partial charge in [0.2, 0.25) is 10.0 Å². The topological polar surface area (TPSA) is 118 Å². The Balaban J connectivity index is 1.56. The molecule has 3 atom stereocenters. The lowest BCUT2D eigenvalue weighted by molar-refractivity contribution is 0.102. The van der Waals surface area contributed by atoms with E-state index < -0.39 is 25.8 Å². The van der Waals surface area contributed by atoms with Crippen LogP contribution in [0.1, 0.15) is 48.8 Å². The van der Waals surface area contributed by atoms with Gasteiger partial charge in [-0.3, -0.25) is 4.79 Å². The van der Waals surface area contributed by atoms with Crippen LogP contribution in [0.2, 0.25) is 0 Å². The van der Waals surface area contributed by atoms with Gasteiger partial charge in [0.25, 0.3) is 5.91 Å². The van der Waals surface area contributed by atoms with Crippen molar-refractivity contribution in [1.82, 2.24) is 14.1 Å². The van der Waals surface area contributed by atoms with Gasteiger partial charge in [-0.1, -0.05) is 19.9 Å². The molecule has 1 N–H and O–H groups in total. The Bertz CT molecular complexity index is 1260. The number of aryl methyl sites for hydroxylation is 1. The van der Waals surface area contributed by atoms with Crippen LogP contribution in [0.25, 0.3) is 0 Å². The minimum absolute atomic E-state index is 0.0165. The van der Waals surface area contributed by atoms with E-state index in [1.165, 1.54) is 16.4 Å². The molecule has 2 aliphatic rings. The third kappa shape index (κ3) is 5.15. The quantitative estimate of drug-likeness (QED) is 0.682. The van der Waals surface area contributed by atoms with Crippen molar-refractivity contribution in [2.75, 3.05) is 29.9 Å². The van der Waals surface area contributed by atoms with Crippen molar-refractivity contribution in [1.29, 1.82) is 0 Å². The normalized spacial score (nSPS) is 25.7. The standard InChI is InChI=1S/C22H30N4O5S2/c1-15-9-16(2)13-25(12-15)33(30,31)20-6-4-5-18(11-20)22(27)23-21-10-17(3)24-26(21)19-7-8-32(28,29)14-19/h4-6,10-11,15-16,19H,7-9,12-14H2,1-3H3,(H,23,27). The molecule has 4 rings (SSSR count). The van der Waals surface area contributed by atoms with Crippen LogP contribution in [0, 0.1) is 18.8 Å². The second-order valence-corrected chi connectivity index (χ2v) is 13.6. The number of carbonyl (C=O) groups is 1. The number of anilines is 1.